The highest BCUT2D eigenvalue weighted by molar-refractivity contribution is 5.99. The van der Waals surface area contributed by atoms with E-state index in [0.29, 0.717) is 24.3 Å². The first-order valence-electron chi connectivity index (χ1n) is 6.09. The molecule has 0 aromatic heterocycles. The molecule has 1 aromatic rings. The van der Waals surface area contributed by atoms with Crippen molar-refractivity contribution < 1.29 is 9.59 Å². The zero-order chi connectivity index (χ0) is 13.0. The number of hydrogen-bond donors (Lipinski definition) is 3. The predicted molar refractivity (Wildman–Crippen MR) is 68.9 cm³/mol. The number of nitrogens with one attached hydrogen (secondary N) is 2. The van der Waals surface area contributed by atoms with Gasteiger partial charge >= 0.3 is 0 Å². The summed E-state index contributed by atoms with van der Waals surface area (Å²) in [4.78, 5) is 23.1. The maximum atomic E-state index is 11.8. The summed E-state index contributed by atoms with van der Waals surface area (Å²) in [7, 11) is 0. The molecule has 0 radical (unpaired) electrons. The van der Waals surface area contributed by atoms with Crippen molar-refractivity contribution in [3.8, 4) is 0 Å². The summed E-state index contributed by atoms with van der Waals surface area (Å²) >= 11 is 0. The molecule has 4 N–H and O–H groups in total. The topological polar surface area (TPSA) is 84.2 Å². The molecule has 5 nitrogen and oxygen atoms in total. The number of benzene rings is 1. The molecule has 1 aromatic carbocycles. The SMILES string of the molecule is Nc1ccccc1C(=O)NCCNC(=O)C1CC1. The maximum absolute atomic E-state index is 11.8. The van der Waals surface area contributed by atoms with E-state index in [-0.39, 0.29) is 17.7 Å². The van der Waals surface area contributed by atoms with Crippen molar-refractivity contribution in [2.75, 3.05) is 18.8 Å². The van der Waals surface area contributed by atoms with Gasteiger partial charge in [0.25, 0.3) is 5.91 Å². The smallest absolute Gasteiger partial charge is 0.253 e. The van der Waals surface area contributed by atoms with E-state index in [9.17, 15) is 9.59 Å². The lowest BCUT2D eigenvalue weighted by Gasteiger charge is -2.08. The molecule has 0 spiro atoms. The molecule has 0 atom stereocenters. The number of rotatable bonds is 5. The van der Waals surface area contributed by atoms with E-state index in [0.717, 1.165) is 12.8 Å². The molecule has 0 bridgehead atoms. The van der Waals surface area contributed by atoms with E-state index in [2.05, 4.69) is 10.6 Å². The van der Waals surface area contributed by atoms with Crippen molar-refractivity contribution in [2.45, 2.75) is 12.8 Å². The van der Waals surface area contributed by atoms with Crippen LogP contribution in [0.2, 0.25) is 0 Å². The molecule has 1 aliphatic rings. The van der Waals surface area contributed by atoms with E-state index in [1.165, 1.54) is 0 Å². The minimum atomic E-state index is -0.214. The quantitative estimate of drug-likeness (QED) is 0.524. The van der Waals surface area contributed by atoms with Gasteiger partial charge in [-0.2, -0.15) is 0 Å². The predicted octanol–water partition coefficient (Wildman–Crippen LogP) is 0.525. The van der Waals surface area contributed by atoms with Gasteiger partial charge in [0.05, 0.1) is 5.56 Å². The van der Waals surface area contributed by atoms with Gasteiger partial charge < -0.3 is 16.4 Å². The highest BCUT2D eigenvalue weighted by Crippen LogP contribution is 2.28. The van der Waals surface area contributed by atoms with E-state index in [1.807, 2.05) is 0 Å². The molecular formula is C13H17N3O2. The lowest BCUT2D eigenvalue weighted by Crippen LogP contribution is -2.35. The summed E-state index contributed by atoms with van der Waals surface area (Å²) < 4.78 is 0. The Kier molecular flexibility index (Phi) is 3.82. The Morgan fingerprint density at radius 3 is 2.50 bits per heavy atom. The third-order valence-electron chi connectivity index (χ3n) is 2.86. The molecular weight excluding hydrogens is 230 g/mol. The van der Waals surface area contributed by atoms with Crippen LogP contribution in [0.25, 0.3) is 0 Å². The van der Waals surface area contributed by atoms with Crippen LogP contribution in [0.3, 0.4) is 0 Å². The molecule has 1 fully saturated rings. The van der Waals surface area contributed by atoms with Crippen molar-refractivity contribution in [2.24, 2.45) is 5.92 Å². The summed E-state index contributed by atoms with van der Waals surface area (Å²) in [5.74, 6) is 0.0720. The van der Waals surface area contributed by atoms with Crippen LogP contribution in [-0.2, 0) is 4.79 Å². The van der Waals surface area contributed by atoms with Gasteiger partial charge in [-0.05, 0) is 25.0 Å². The first-order valence-corrected chi connectivity index (χ1v) is 6.09. The summed E-state index contributed by atoms with van der Waals surface area (Å²) in [6.45, 7) is 0.861. The Hall–Kier alpha value is -2.04. The van der Waals surface area contributed by atoms with E-state index in [4.69, 9.17) is 5.73 Å². The van der Waals surface area contributed by atoms with Crippen LogP contribution in [0.15, 0.2) is 24.3 Å². The van der Waals surface area contributed by atoms with Crippen LogP contribution in [-0.4, -0.2) is 24.9 Å². The Labute approximate surface area is 106 Å². The second-order valence-corrected chi connectivity index (χ2v) is 4.41. The molecule has 0 heterocycles. The maximum Gasteiger partial charge on any atom is 0.253 e. The van der Waals surface area contributed by atoms with Crippen LogP contribution in [0.5, 0.6) is 0 Å². The standard InChI is InChI=1S/C13H17N3O2/c14-11-4-2-1-3-10(11)13(18)16-8-7-15-12(17)9-5-6-9/h1-4,9H,5-8,14H2,(H,15,17)(H,16,18). The molecule has 2 rings (SSSR count). The first kappa shape index (κ1) is 12.4. The summed E-state index contributed by atoms with van der Waals surface area (Å²) in [6, 6.07) is 6.90. The van der Waals surface area contributed by atoms with E-state index >= 15 is 0 Å². The monoisotopic (exact) mass is 247 g/mol. The molecule has 5 heteroatoms. The molecule has 96 valence electrons. The van der Waals surface area contributed by atoms with Crippen LogP contribution in [0.4, 0.5) is 5.69 Å². The number of carbonyl (C=O) groups excluding carboxylic acids is 2. The number of hydrogen-bond acceptors (Lipinski definition) is 3. The Morgan fingerprint density at radius 1 is 1.17 bits per heavy atom. The van der Waals surface area contributed by atoms with E-state index < -0.39 is 0 Å². The summed E-state index contributed by atoms with van der Waals surface area (Å²) in [5.41, 5.74) is 6.61. The zero-order valence-corrected chi connectivity index (χ0v) is 10.1. The normalized spacial score (nSPS) is 14.0. The fourth-order valence-electron chi connectivity index (χ4n) is 1.65. The largest absolute Gasteiger partial charge is 0.398 e. The zero-order valence-electron chi connectivity index (χ0n) is 10.1. The minimum Gasteiger partial charge on any atom is -0.398 e. The highest BCUT2D eigenvalue weighted by atomic mass is 16.2. The number of carbonyl (C=O) groups is 2. The van der Waals surface area contributed by atoms with Crippen molar-refractivity contribution in [3.05, 3.63) is 29.8 Å². The fourth-order valence-corrected chi connectivity index (χ4v) is 1.65. The number of para-hydroxylation sites is 1. The third kappa shape index (κ3) is 3.23. The minimum absolute atomic E-state index is 0.0865. The van der Waals surface area contributed by atoms with Crippen molar-refractivity contribution in [1.82, 2.24) is 10.6 Å². The number of anilines is 1. The van der Waals surface area contributed by atoms with E-state index in [1.54, 1.807) is 24.3 Å². The van der Waals surface area contributed by atoms with Crippen LogP contribution in [0, 0.1) is 5.92 Å². The van der Waals surface area contributed by atoms with Gasteiger partial charge in [-0.1, -0.05) is 12.1 Å². The van der Waals surface area contributed by atoms with Gasteiger partial charge in [-0.3, -0.25) is 9.59 Å². The van der Waals surface area contributed by atoms with Gasteiger partial charge in [-0.15, -0.1) is 0 Å². The Bertz CT molecular complexity index is 455. The second kappa shape index (κ2) is 5.53. The van der Waals surface area contributed by atoms with Crippen molar-refractivity contribution >= 4 is 17.5 Å². The lowest BCUT2D eigenvalue weighted by molar-refractivity contribution is -0.122. The van der Waals surface area contributed by atoms with Crippen LogP contribution in [0.1, 0.15) is 23.2 Å². The van der Waals surface area contributed by atoms with Gasteiger partial charge in [0.2, 0.25) is 5.91 Å². The number of amides is 2. The van der Waals surface area contributed by atoms with Crippen LogP contribution < -0.4 is 16.4 Å². The number of nitrogen functional groups attached to an aromatic ring is 1. The summed E-state index contributed by atoms with van der Waals surface area (Å²) in [5, 5.41) is 5.50. The first-order chi connectivity index (χ1) is 8.68. The Morgan fingerprint density at radius 2 is 1.83 bits per heavy atom. The lowest BCUT2D eigenvalue weighted by atomic mass is 10.1. The molecule has 0 saturated heterocycles. The molecule has 0 unspecified atom stereocenters. The third-order valence-corrected chi connectivity index (χ3v) is 2.86. The second-order valence-electron chi connectivity index (χ2n) is 4.41. The van der Waals surface area contributed by atoms with Crippen molar-refractivity contribution in [3.63, 3.8) is 0 Å². The average molecular weight is 247 g/mol. The van der Waals surface area contributed by atoms with Gasteiger partial charge in [0.1, 0.15) is 0 Å². The Balaban J connectivity index is 1.71. The number of nitrogens with two attached hydrogens (primary N) is 1. The fraction of sp³-hybridized carbons (Fsp3) is 0.385. The van der Waals surface area contributed by atoms with Gasteiger partial charge in [-0.25, -0.2) is 0 Å². The molecule has 1 saturated carbocycles. The molecule has 0 aliphatic heterocycles. The molecule has 1 aliphatic carbocycles. The van der Waals surface area contributed by atoms with Gasteiger partial charge in [0.15, 0.2) is 0 Å². The average Bonchev–Trinajstić information content (AvgIpc) is 3.19. The highest BCUT2D eigenvalue weighted by Gasteiger charge is 2.28. The summed E-state index contributed by atoms with van der Waals surface area (Å²) in [6.07, 6.45) is 1.97. The molecule has 18 heavy (non-hydrogen) atoms. The van der Waals surface area contributed by atoms with Crippen LogP contribution >= 0.6 is 0 Å². The van der Waals surface area contributed by atoms with Crippen molar-refractivity contribution in [1.29, 1.82) is 0 Å². The molecule has 2 amide bonds. The van der Waals surface area contributed by atoms with Gasteiger partial charge in [0, 0.05) is 24.7 Å².